The van der Waals surface area contributed by atoms with Crippen molar-refractivity contribution in [1.29, 1.82) is 0 Å². The number of benzene rings is 1. The van der Waals surface area contributed by atoms with Crippen molar-refractivity contribution in [3.05, 3.63) is 58.5 Å². The molecule has 3 heterocycles. The standard InChI is InChI=1S/C21H24N4O2/c1-13-12-20-22-14(2)16(15(3)25(20)24-13)8-9-21(26)23-18-10-11-27-19-7-5-4-6-17(18)19/h4-7,12,18H,8-11H2,1-3H3,(H,23,26)/t18-/m0/s1. The molecule has 1 amide bonds. The van der Waals surface area contributed by atoms with Crippen LogP contribution in [0.3, 0.4) is 0 Å². The monoisotopic (exact) mass is 364 g/mol. The van der Waals surface area contributed by atoms with Crippen molar-refractivity contribution in [2.45, 2.75) is 46.1 Å². The molecule has 2 aromatic heterocycles. The van der Waals surface area contributed by atoms with E-state index in [9.17, 15) is 4.79 Å². The van der Waals surface area contributed by atoms with Gasteiger partial charge in [0, 0.05) is 35.9 Å². The molecular formula is C21H24N4O2. The van der Waals surface area contributed by atoms with E-state index in [1.807, 2.05) is 55.6 Å². The predicted octanol–water partition coefficient (Wildman–Crippen LogP) is 3.23. The third-order valence-corrected chi connectivity index (χ3v) is 5.18. The van der Waals surface area contributed by atoms with Gasteiger partial charge in [-0.05, 0) is 38.8 Å². The van der Waals surface area contributed by atoms with Crippen LogP contribution in [0.4, 0.5) is 0 Å². The maximum Gasteiger partial charge on any atom is 0.220 e. The number of hydrogen-bond donors (Lipinski definition) is 1. The molecule has 0 saturated carbocycles. The van der Waals surface area contributed by atoms with E-state index in [-0.39, 0.29) is 11.9 Å². The van der Waals surface area contributed by atoms with Crippen LogP contribution in [0, 0.1) is 20.8 Å². The van der Waals surface area contributed by atoms with Gasteiger partial charge in [-0.15, -0.1) is 0 Å². The summed E-state index contributed by atoms with van der Waals surface area (Å²) in [5, 5.41) is 7.66. The molecule has 1 aliphatic heterocycles. The first-order valence-electron chi connectivity index (χ1n) is 9.36. The summed E-state index contributed by atoms with van der Waals surface area (Å²) in [6, 6.07) is 9.89. The number of amides is 1. The SMILES string of the molecule is Cc1cc2nc(C)c(CCC(=O)N[C@H]3CCOc4ccccc43)c(C)n2n1. The number of carbonyl (C=O) groups excluding carboxylic acids is 1. The van der Waals surface area contributed by atoms with E-state index in [4.69, 9.17) is 4.74 Å². The molecular weight excluding hydrogens is 340 g/mol. The van der Waals surface area contributed by atoms with Crippen LogP contribution in [0.1, 0.15) is 47.1 Å². The van der Waals surface area contributed by atoms with Gasteiger partial charge in [0.2, 0.25) is 5.91 Å². The van der Waals surface area contributed by atoms with Crippen molar-refractivity contribution >= 4 is 11.6 Å². The fourth-order valence-corrected chi connectivity index (χ4v) is 3.80. The zero-order chi connectivity index (χ0) is 19.0. The van der Waals surface area contributed by atoms with E-state index < -0.39 is 0 Å². The number of para-hydroxylation sites is 1. The number of fused-ring (bicyclic) bond motifs is 2. The van der Waals surface area contributed by atoms with Crippen LogP contribution >= 0.6 is 0 Å². The van der Waals surface area contributed by atoms with Gasteiger partial charge in [0.05, 0.1) is 18.3 Å². The van der Waals surface area contributed by atoms with E-state index in [1.54, 1.807) is 0 Å². The molecule has 1 aliphatic rings. The summed E-state index contributed by atoms with van der Waals surface area (Å²) in [6.45, 7) is 6.62. The number of ether oxygens (including phenoxy) is 1. The Balaban J connectivity index is 1.47. The molecule has 0 bridgehead atoms. The normalized spacial score (nSPS) is 16.0. The molecule has 1 atom stereocenters. The summed E-state index contributed by atoms with van der Waals surface area (Å²) in [5.74, 6) is 0.914. The van der Waals surface area contributed by atoms with Gasteiger partial charge < -0.3 is 10.1 Å². The Kier molecular flexibility index (Phi) is 4.56. The second-order valence-electron chi connectivity index (χ2n) is 7.11. The highest BCUT2D eigenvalue weighted by Crippen LogP contribution is 2.31. The van der Waals surface area contributed by atoms with Crippen molar-refractivity contribution in [3.63, 3.8) is 0 Å². The minimum atomic E-state index is 0.0130. The number of aromatic nitrogens is 3. The lowest BCUT2D eigenvalue weighted by atomic mass is 10.00. The fraction of sp³-hybridized carbons (Fsp3) is 0.381. The second-order valence-corrected chi connectivity index (χ2v) is 7.11. The zero-order valence-electron chi connectivity index (χ0n) is 16.0. The first-order valence-corrected chi connectivity index (χ1v) is 9.36. The Morgan fingerprint density at radius 1 is 1.30 bits per heavy atom. The molecule has 0 saturated heterocycles. The predicted molar refractivity (Wildman–Crippen MR) is 103 cm³/mol. The van der Waals surface area contributed by atoms with Crippen molar-refractivity contribution in [2.24, 2.45) is 0 Å². The number of carbonyl (C=O) groups is 1. The van der Waals surface area contributed by atoms with Crippen LogP contribution in [0.25, 0.3) is 5.65 Å². The average Bonchev–Trinajstić information content (AvgIpc) is 3.02. The van der Waals surface area contributed by atoms with Gasteiger partial charge in [-0.3, -0.25) is 4.79 Å². The van der Waals surface area contributed by atoms with Gasteiger partial charge in [0.15, 0.2) is 5.65 Å². The molecule has 0 radical (unpaired) electrons. The molecule has 140 valence electrons. The van der Waals surface area contributed by atoms with Gasteiger partial charge in [-0.25, -0.2) is 9.50 Å². The molecule has 6 nitrogen and oxygen atoms in total. The lowest BCUT2D eigenvalue weighted by Crippen LogP contribution is -2.32. The van der Waals surface area contributed by atoms with Gasteiger partial charge in [0.25, 0.3) is 0 Å². The first kappa shape index (κ1) is 17.5. The number of rotatable bonds is 4. The Hall–Kier alpha value is -2.89. The molecule has 0 unspecified atom stereocenters. The highest BCUT2D eigenvalue weighted by molar-refractivity contribution is 5.77. The van der Waals surface area contributed by atoms with Gasteiger partial charge in [-0.1, -0.05) is 18.2 Å². The Morgan fingerprint density at radius 2 is 2.11 bits per heavy atom. The Bertz CT molecular complexity index is 1010. The first-order chi connectivity index (χ1) is 13.0. The molecule has 3 aromatic rings. The van der Waals surface area contributed by atoms with Crippen LogP contribution in [-0.4, -0.2) is 27.1 Å². The number of hydrogen-bond acceptors (Lipinski definition) is 4. The van der Waals surface area contributed by atoms with E-state index in [2.05, 4.69) is 15.4 Å². The Morgan fingerprint density at radius 3 is 2.96 bits per heavy atom. The Labute approximate surface area is 158 Å². The zero-order valence-corrected chi connectivity index (χ0v) is 16.0. The summed E-state index contributed by atoms with van der Waals surface area (Å²) in [4.78, 5) is 17.2. The number of nitrogens with one attached hydrogen (secondary N) is 1. The third-order valence-electron chi connectivity index (χ3n) is 5.18. The van der Waals surface area contributed by atoms with Crippen LogP contribution in [-0.2, 0) is 11.2 Å². The van der Waals surface area contributed by atoms with E-state index >= 15 is 0 Å². The lowest BCUT2D eigenvalue weighted by Gasteiger charge is -2.26. The highest BCUT2D eigenvalue weighted by Gasteiger charge is 2.22. The van der Waals surface area contributed by atoms with Crippen LogP contribution in [0.5, 0.6) is 5.75 Å². The highest BCUT2D eigenvalue weighted by atomic mass is 16.5. The summed E-state index contributed by atoms with van der Waals surface area (Å²) in [7, 11) is 0. The van der Waals surface area contributed by atoms with Crippen LogP contribution < -0.4 is 10.1 Å². The van der Waals surface area contributed by atoms with Gasteiger partial charge >= 0.3 is 0 Å². The summed E-state index contributed by atoms with van der Waals surface area (Å²) in [6.07, 6.45) is 1.87. The molecule has 1 aromatic carbocycles. The topological polar surface area (TPSA) is 68.5 Å². The molecule has 6 heteroatoms. The van der Waals surface area contributed by atoms with Crippen molar-refractivity contribution < 1.29 is 9.53 Å². The maximum absolute atomic E-state index is 12.6. The molecule has 0 spiro atoms. The van der Waals surface area contributed by atoms with Crippen LogP contribution in [0.15, 0.2) is 30.3 Å². The summed E-state index contributed by atoms with van der Waals surface area (Å²) >= 11 is 0. The summed E-state index contributed by atoms with van der Waals surface area (Å²) < 4.78 is 7.53. The lowest BCUT2D eigenvalue weighted by molar-refractivity contribution is -0.122. The third kappa shape index (κ3) is 3.39. The molecule has 0 fully saturated rings. The quantitative estimate of drug-likeness (QED) is 0.772. The van der Waals surface area contributed by atoms with E-state index in [1.165, 1.54) is 0 Å². The van der Waals surface area contributed by atoms with Gasteiger partial charge in [-0.2, -0.15) is 5.10 Å². The largest absolute Gasteiger partial charge is 0.493 e. The van der Waals surface area contributed by atoms with Crippen LogP contribution in [0.2, 0.25) is 0 Å². The number of nitrogens with zero attached hydrogens (tertiary/aromatic N) is 3. The van der Waals surface area contributed by atoms with Crippen molar-refractivity contribution in [1.82, 2.24) is 19.9 Å². The minimum Gasteiger partial charge on any atom is -0.493 e. The van der Waals surface area contributed by atoms with E-state index in [0.29, 0.717) is 19.4 Å². The molecule has 4 rings (SSSR count). The van der Waals surface area contributed by atoms with Crippen molar-refractivity contribution in [3.8, 4) is 5.75 Å². The maximum atomic E-state index is 12.6. The summed E-state index contributed by atoms with van der Waals surface area (Å²) in [5.41, 5.74) is 5.96. The molecule has 1 N–H and O–H groups in total. The minimum absolute atomic E-state index is 0.0130. The van der Waals surface area contributed by atoms with Crippen molar-refractivity contribution in [2.75, 3.05) is 6.61 Å². The number of aryl methyl sites for hydroxylation is 3. The van der Waals surface area contributed by atoms with Gasteiger partial charge in [0.1, 0.15) is 5.75 Å². The smallest absolute Gasteiger partial charge is 0.220 e. The molecule has 27 heavy (non-hydrogen) atoms. The van der Waals surface area contributed by atoms with E-state index in [0.717, 1.165) is 46.0 Å². The molecule has 0 aliphatic carbocycles. The fourth-order valence-electron chi connectivity index (χ4n) is 3.80. The second kappa shape index (κ2) is 7.02. The average molecular weight is 364 g/mol.